The molecule has 0 aliphatic heterocycles. The van der Waals surface area contributed by atoms with Crippen molar-refractivity contribution in [1.82, 2.24) is 0 Å². The first-order chi connectivity index (χ1) is 11.6. The van der Waals surface area contributed by atoms with Gasteiger partial charge in [0.2, 0.25) is 15.9 Å². The van der Waals surface area contributed by atoms with E-state index in [0.29, 0.717) is 11.1 Å². The van der Waals surface area contributed by atoms with Crippen LogP contribution in [0.1, 0.15) is 0 Å². The van der Waals surface area contributed by atoms with E-state index in [1.54, 1.807) is 0 Å². The minimum atomic E-state index is -3.87. The van der Waals surface area contributed by atoms with Gasteiger partial charge < -0.3 is 5.32 Å². The number of anilines is 2. The molecule has 5 nitrogen and oxygen atoms in total. The lowest BCUT2D eigenvalue weighted by molar-refractivity contribution is -0.114. The molecule has 0 saturated heterocycles. The number of carbonyl (C=O) groups excluding carboxylic acids is 1. The quantitative estimate of drug-likeness (QED) is 0.820. The van der Waals surface area contributed by atoms with Gasteiger partial charge in [-0.2, -0.15) is 0 Å². The molecule has 0 unspecified atom stereocenters. The highest BCUT2D eigenvalue weighted by atomic mass is 35.5. The Kier molecular flexibility index (Phi) is 5.87. The molecule has 0 aliphatic rings. The predicted octanol–water partition coefficient (Wildman–Crippen LogP) is 3.68. The van der Waals surface area contributed by atoms with Gasteiger partial charge in [0, 0.05) is 11.1 Å². The number of amides is 1. The molecule has 1 amide bonds. The smallest absolute Gasteiger partial charge is 0.245 e. The Morgan fingerprint density at radius 2 is 1.84 bits per heavy atom. The van der Waals surface area contributed by atoms with Crippen molar-refractivity contribution in [2.45, 2.75) is 0 Å². The third-order valence-corrected chi connectivity index (χ3v) is 4.74. The lowest BCUT2D eigenvalue weighted by atomic mass is 10.3. The van der Waals surface area contributed by atoms with Crippen molar-refractivity contribution in [2.24, 2.45) is 0 Å². The lowest BCUT2D eigenvalue weighted by Crippen LogP contribution is -2.37. The van der Waals surface area contributed by atoms with Crippen LogP contribution in [0.5, 0.6) is 0 Å². The van der Waals surface area contributed by atoms with Crippen molar-refractivity contribution >= 4 is 50.5 Å². The van der Waals surface area contributed by atoms with Crippen molar-refractivity contribution in [3.8, 4) is 0 Å². The summed E-state index contributed by atoms with van der Waals surface area (Å²) in [7, 11) is -3.87. The van der Waals surface area contributed by atoms with E-state index >= 15 is 0 Å². The molecular formula is C15H12Cl2F2N2O3S. The Morgan fingerprint density at radius 1 is 1.16 bits per heavy atom. The number of hydrogen-bond donors (Lipinski definition) is 1. The Morgan fingerprint density at radius 3 is 2.40 bits per heavy atom. The zero-order valence-electron chi connectivity index (χ0n) is 12.8. The van der Waals surface area contributed by atoms with Crippen LogP contribution in [-0.4, -0.2) is 27.1 Å². The zero-order valence-corrected chi connectivity index (χ0v) is 15.1. The summed E-state index contributed by atoms with van der Waals surface area (Å²) in [6, 6.07) is 6.68. The van der Waals surface area contributed by atoms with E-state index in [0.717, 1.165) is 22.7 Å². The van der Waals surface area contributed by atoms with E-state index in [2.05, 4.69) is 5.32 Å². The average molecular weight is 409 g/mol. The molecule has 0 atom stereocenters. The zero-order chi connectivity index (χ0) is 18.8. The number of nitrogens with zero attached hydrogens (tertiary/aromatic N) is 1. The molecule has 0 radical (unpaired) electrons. The van der Waals surface area contributed by atoms with Gasteiger partial charge in [-0.15, -0.1) is 0 Å². The molecule has 0 aliphatic carbocycles. The fraction of sp³-hybridized carbons (Fsp3) is 0.133. The van der Waals surface area contributed by atoms with Crippen molar-refractivity contribution in [2.75, 3.05) is 22.4 Å². The third kappa shape index (κ3) is 5.04. The number of carbonyl (C=O) groups is 1. The molecule has 2 aromatic carbocycles. The maximum atomic E-state index is 13.6. The Hall–Kier alpha value is -1.90. The van der Waals surface area contributed by atoms with Crippen molar-refractivity contribution < 1.29 is 22.0 Å². The standard InChI is InChI=1S/C15H12Cl2F2N2O3S/c1-25(23,24)21(14-5-2-9(16)6-11(14)17)8-15(22)20-13-4-3-10(18)7-12(13)19/h2-7H,8H2,1H3,(H,20,22). The van der Waals surface area contributed by atoms with Crippen LogP contribution in [0.2, 0.25) is 10.0 Å². The fourth-order valence-corrected chi connectivity index (χ4v) is 3.40. The van der Waals surface area contributed by atoms with Gasteiger partial charge in [0.25, 0.3) is 0 Å². The van der Waals surface area contributed by atoms with Crippen LogP contribution in [0.4, 0.5) is 20.2 Å². The number of benzene rings is 2. The molecule has 2 aromatic rings. The molecule has 25 heavy (non-hydrogen) atoms. The average Bonchev–Trinajstić information content (AvgIpc) is 2.47. The molecule has 0 spiro atoms. The van der Waals surface area contributed by atoms with Gasteiger partial charge in [-0.3, -0.25) is 9.10 Å². The first-order valence-corrected chi connectivity index (χ1v) is 9.36. The summed E-state index contributed by atoms with van der Waals surface area (Å²) >= 11 is 11.8. The van der Waals surface area contributed by atoms with Crippen molar-refractivity contribution in [3.63, 3.8) is 0 Å². The molecule has 0 aromatic heterocycles. The molecule has 0 bridgehead atoms. The summed E-state index contributed by atoms with van der Waals surface area (Å²) < 4.78 is 51.2. The molecule has 0 fully saturated rings. The van der Waals surface area contributed by atoms with Crippen molar-refractivity contribution in [1.29, 1.82) is 0 Å². The summed E-state index contributed by atoms with van der Waals surface area (Å²) in [5.41, 5.74) is -0.231. The molecule has 2 rings (SSSR count). The highest BCUT2D eigenvalue weighted by Crippen LogP contribution is 2.30. The minimum Gasteiger partial charge on any atom is -0.322 e. The van der Waals surface area contributed by atoms with Crippen LogP contribution >= 0.6 is 23.2 Å². The van der Waals surface area contributed by atoms with Gasteiger partial charge in [0.1, 0.15) is 18.2 Å². The minimum absolute atomic E-state index is 0.0266. The second kappa shape index (κ2) is 7.55. The van der Waals surface area contributed by atoms with E-state index in [4.69, 9.17) is 23.2 Å². The van der Waals surface area contributed by atoms with Gasteiger partial charge in [0.05, 0.1) is 22.7 Å². The van der Waals surface area contributed by atoms with E-state index in [1.165, 1.54) is 18.2 Å². The SMILES string of the molecule is CS(=O)(=O)N(CC(=O)Nc1ccc(F)cc1F)c1ccc(Cl)cc1Cl. The number of sulfonamides is 1. The van der Waals surface area contributed by atoms with Crippen LogP contribution in [0.25, 0.3) is 0 Å². The molecular weight excluding hydrogens is 397 g/mol. The summed E-state index contributed by atoms with van der Waals surface area (Å²) in [6.07, 6.45) is 0.893. The summed E-state index contributed by atoms with van der Waals surface area (Å²) in [4.78, 5) is 12.1. The van der Waals surface area contributed by atoms with Crippen LogP contribution in [0.3, 0.4) is 0 Å². The molecule has 0 saturated carbocycles. The largest absolute Gasteiger partial charge is 0.322 e. The van der Waals surface area contributed by atoms with E-state index in [9.17, 15) is 22.0 Å². The van der Waals surface area contributed by atoms with Gasteiger partial charge in [-0.1, -0.05) is 23.2 Å². The topological polar surface area (TPSA) is 66.5 Å². The molecule has 0 heterocycles. The number of rotatable bonds is 5. The van der Waals surface area contributed by atoms with E-state index in [-0.39, 0.29) is 16.4 Å². The number of nitrogens with one attached hydrogen (secondary N) is 1. The summed E-state index contributed by atoms with van der Waals surface area (Å²) in [5, 5.41) is 2.50. The third-order valence-electron chi connectivity index (χ3n) is 3.07. The van der Waals surface area contributed by atoms with Crippen LogP contribution in [0, 0.1) is 11.6 Å². The Balaban J connectivity index is 2.27. The first-order valence-electron chi connectivity index (χ1n) is 6.75. The van der Waals surface area contributed by atoms with Crippen LogP contribution in [0.15, 0.2) is 36.4 Å². The fourth-order valence-electron chi connectivity index (χ4n) is 1.98. The maximum Gasteiger partial charge on any atom is 0.245 e. The number of halogens is 4. The highest BCUT2D eigenvalue weighted by molar-refractivity contribution is 7.92. The maximum absolute atomic E-state index is 13.6. The first kappa shape index (κ1) is 19.4. The van der Waals surface area contributed by atoms with Gasteiger partial charge in [-0.05, 0) is 30.3 Å². The van der Waals surface area contributed by atoms with E-state index < -0.39 is 34.1 Å². The van der Waals surface area contributed by atoms with Gasteiger partial charge >= 0.3 is 0 Å². The van der Waals surface area contributed by atoms with Gasteiger partial charge in [-0.25, -0.2) is 17.2 Å². The highest BCUT2D eigenvalue weighted by Gasteiger charge is 2.23. The normalized spacial score (nSPS) is 11.2. The van der Waals surface area contributed by atoms with Gasteiger partial charge in [0.15, 0.2) is 0 Å². The predicted molar refractivity (Wildman–Crippen MR) is 93.6 cm³/mol. The molecule has 134 valence electrons. The summed E-state index contributed by atoms with van der Waals surface area (Å²) in [5.74, 6) is -2.62. The molecule has 1 N–H and O–H groups in total. The second-order valence-corrected chi connectivity index (χ2v) is 7.79. The van der Waals surface area contributed by atoms with Crippen LogP contribution in [-0.2, 0) is 14.8 Å². The van der Waals surface area contributed by atoms with E-state index in [1.807, 2.05) is 0 Å². The number of hydrogen-bond acceptors (Lipinski definition) is 3. The monoisotopic (exact) mass is 408 g/mol. The lowest BCUT2D eigenvalue weighted by Gasteiger charge is -2.23. The Labute approximate surface area is 153 Å². The molecule has 10 heteroatoms. The summed E-state index contributed by atoms with van der Waals surface area (Å²) in [6.45, 7) is -0.656. The van der Waals surface area contributed by atoms with Crippen molar-refractivity contribution in [3.05, 3.63) is 58.1 Å². The second-order valence-electron chi connectivity index (χ2n) is 5.04. The Bertz CT molecular complexity index is 923. The van der Waals surface area contributed by atoms with Crippen LogP contribution < -0.4 is 9.62 Å².